The smallest absolute Gasteiger partial charge is 0.410 e. The lowest BCUT2D eigenvalue weighted by Gasteiger charge is -2.36. The summed E-state index contributed by atoms with van der Waals surface area (Å²) in [5, 5.41) is 5.28. The molecular weight excluding hydrogens is 505 g/mol. The third kappa shape index (κ3) is 6.66. The van der Waals surface area contributed by atoms with E-state index in [1.807, 2.05) is 41.3 Å². The Morgan fingerprint density at radius 2 is 1.84 bits per heavy atom. The molecule has 7 nitrogen and oxygen atoms in total. The molecule has 5 rings (SSSR count). The summed E-state index contributed by atoms with van der Waals surface area (Å²) in [5.74, 6) is -0.175. The molecule has 1 unspecified atom stereocenters. The molecular formula is C29H35ClFN5O2. The number of halogens is 2. The van der Waals surface area contributed by atoms with Gasteiger partial charge < -0.3 is 19.9 Å². The predicted molar refractivity (Wildman–Crippen MR) is 151 cm³/mol. The maximum atomic E-state index is 14.1. The van der Waals surface area contributed by atoms with E-state index in [0.717, 1.165) is 88.1 Å². The number of anilines is 2. The van der Waals surface area contributed by atoms with Gasteiger partial charge in [0.25, 0.3) is 0 Å². The van der Waals surface area contributed by atoms with E-state index >= 15 is 0 Å². The Morgan fingerprint density at radius 1 is 1.03 bits per heavy atom. The van der Waals surface area contributed by atoms with Crippen molar-refractivity contribution in [1.82, 2.24) is 14.8 Å². The monoisotopic (exact) mass is 539 g/mol. The van der Waals surface area contributed by atoms with Gasteiger partial charge in [0.1, 0.15) is 11.9 Å². The number of unbranched alkanes of at least 4 members (excludes halogenated alkanes) is 3. The Balaban J connectivity index is 0.960. The number of nitrogens with zero attached hydrogens (tertiary/aromatic N) is 4. The van der Waals surface area contributed by atoms with Crippen molar-refractivity contribution in [2.75, 3.05) is 62.6 Å². The molecule has 1 aromatic heterocycles. The van der Waals surface area contributed by atoms with Gasteiger partial charge in [0, 0.05) is 68.1 Å². The van der Waals surface area contributed by atoms with E-state index < -0.39 is 0 Å². The van der Waals surface area contributed by atoms with E-state index in [-0.39, 0.29) is 18.0 Å². The van der Waals surface area contributed by atoms with Gasteiger partial charge in [-0.3, -0.25) is 9.88 Å². The molecule has 0 aliphatic carbocycles. The zero-order valence-corrected chi connectivity index (χ0v) is 22.4. The van der Waals surface area contributed by atoms with Gasteiger partial charge in [-0.1, -0.05) is 36.6 Å². The molecule has 3 heterocycles. The number of pyridine rings is 1. The van der Waals surface area contributed by atoms with Crippen molar-refractivity contribution < 1.29 is 13.9 Å². The van der Waals surface area contributed by atoms with Gasteiger partial charge in [-0.05, 0) is 49.2 Å². The fraction of sp³-hybridized carbons (Fsp3) is 0.448. The highest BCUT2D eigenvalue weighted by Crippen LogP contribution is 2.25. The minimum atomic E-state index is -0.202. The minimum Gasteiger partial charge on any atom is -0.443 e. The van der Waals surface area contributed by atoms with Crippen molar-refractivity contribution in [1.29, 1.82) is 0 Å². The molecule has 2 aromatic carbocycles. The van der Waals surface area contributed by atoms with Gasteiger partial charge >= 0.3 is 6.09 Å². The second-order valence-electron chi connectivity index (χ2n) is 10.1. The molecule has 0 spiro atoms. The van der Waals surface area contributed by atoms with E-state index in [9.17, 15) is 9.18 Å². The topological polar surface area (TPSA) is 60.9 Å². The highest BCUT2D eigenvalue weighted by molar-refractivity contribution is 6.31. The van der Waals surface area contributed by atoms with Crippen LogP contribution in [0.25, 0.3) is 10.9 Å². The number of hydrogen-bond acceptors (Lipinski definition) is 6. The van der Waals surface area contributed by atoms with E-state index in [0.29, 0.717) is 17.3 Å². The first kappa shape index (κ1) is 26.5. The van der Waals surface area contributed by atoms with E-state index in [1.54, 1.807) is 12.3 Å². The zero-order chi connectivity index (χ0) is 26.3. The maximum Gasteiger partial charge on any atom is 0.410 e. The van der Waals surface area contributed by atoms with Crippen molar-refractivity contribution in [3.8, 4) is 0 Å². The number of para-hydroxylation sites is 1. The van der Waals surface area contributed by atoms with Crippen LogP contribution in [-0.2, 0) is 4.74 Å². The standard InChI is InChI=1S/C29H35ClFN5O2/c30-22-9-10-24-26(11-13-33-27(24)19-22)32-12-5-1-2-6-14-36-21-23(38-29(36)37)20-34-15-17-35(18-16-34)28-8-4-3-7-25(28)31/h3-4,7-11,13,19,23H,1-2,5-6,12,14-18,20-21H2,(H,32,33). The minimum absolute atomic E-state index is 0.100. The van der Waals surface area contributed by atoms with Crippen molar-refractivity contribution in [2.45, 2.75) is 31.8 Å². The summed E-state index contributed by atoms with van der Waals surface area (Å²) in [6.07, 6.45) is 5.70. The number of piperazine rings is 1. The third-order valence-electron chi connectivity index (χ3n) is 7.35. The normalized spacial score (nSPS) is 18.3. The first-order chi connectivity index (χ1) is 18.6. The number of carbonyl (C=O) groups is 1. The molecule has 0 radical (unpaired) electrons. The van der Waals surface area contributed by atoms with Crippen LogP contribution in [0, 0.1) is 5.82 Å². The molecule has 3 aromatic rings. The summed E-state index contributed by atoms with van der Waals surface area (Å²) in [4.78, 5) is 23.0. The second-order valence-corrected chi connectivity index (χ2v) is 10.5. The molecule has 1 amide bonds. The number of carbonyl (C=O) groups excluding carboxylic acids is 1. The second kappa shape index (κ2) is 12.6. The van der Waals surface area contributed by atoms with Gasteiger partial charge in [-0.25, -0.2) is 9.18 Å². The Kier molecular flexibility index (Phi) is 8.81. The van der Waals surface area contributed by atoms with Gasteiger partial charge in [-0.15, -0.1) is 0 Å². The fourth-order valence-electron chi connectivity index (χ4n) is 5.30. The van der Waals surface area contributed by atoms with Crippen LogP contribution in [0.4, 0.5) is 20.6 Å². The number of fused-ring (bicyclic) bond motifs is 1. The fourth-order valence-corrected chi connectivity index (χ4v) is 5.47. The number of aromatic nitrogens is 1. The third-order valence-corrected chi connectivity index (χ3v) is 7.59. The van der Waals surface area contributed by atoms with E-state index in [2.05, 4.69) is 20.1 Å². The lowest BCUT2D eigenvalue weighted by molar-refractivity contribution is 0.104. The van der Waals surface area contributed by atoms with Crippen LogP contribution in [0.2, 0.25) is 5.02 Å². The average molecular weight is 540 g/mol. The van der Waals surface area contributed by atoms with Gasteiger partial charge in [-0.2, -0.15) is 0 Å². The first-order valence-corrected chi connectivity index (χ1v) is 13.9. The average Bonchev–Trinajstić information content (AvgIpc) is 3.27. The predicted octanol–water partition coefficient (Wildman–Crippen LogP) is 5.64. The number of cyclic esters (lactones) is 1. The highest BCUT2D eigenvalue weighted by atomic mass is 35.5. The van der Waals surface area contributed by atoms with E-state index in [1.165, 1.54) is 6.07 Å². The van der Waals surface area contributed by atoms with Crippen LogP contribution >= 0.6 is 11.6 Å². The van der Waals surface area contributed by atoms with Crippen LogP contribution in [-0.4, -0.2) is 79.3 Å². The Bertz CT molecular complexity index is 1240. The van der Waals surface area contributed by atoms with Gasteiger partial charge in [0.2, 0.25) is 0 Å². The van der Waals surface area contributed by atoms with Gasteiger partial charge in [0.05, 0.1) is 17.7 Å². The number of amides is 1. The molecule has 2 saturated heterocycles. The number of nitrogens with one attached hydrogen (secondary N) is 1. The first-order valence-electron chi connectivity index (χ1n) is 13.5. The largest absolute Gasteiger partial charge is 0.443 e. The number of benzene rings is 2. The summed E-state index contributed by atoms with van der Waals surface area (Å²) in [6.45, 7) is 6.21. The molecule has 2 fully saturated rings. The van der Waals surface area contributed by atoms with Crippen molar-refractivity contribution in [3.63, 3.8) is 0 Å². The number of ether oxygens (including phenoxy) is 1. The molecule has 1 N–H and O–H groups in total. The van der Waals surface area contributed by atoms with Crippen LogP contribution in [0.3, 0.4) is 0 Å². The van der Waals surface area contributed by atoms with Crippen molar-refractivity contribution in [2.24, 2.45) is 0 Å². The molecule has 202 valence electrons. The highest BCUT2D eigenvalue weighted by Gasteiger charge is 2.32. The number of hydrogen-bond donors (Lipinski definition) is 1. The van der Waals surface area contributed by atoms with Crippen LogP contribution in [0.15, 0.2) is 54.7 Å². The molecule has 9 heteroatoms. The summed E-state index contributed by atoms with van der Waals surface area (Å²) in [5.41, 5.74) is 2.63. The molecule has 0 bridgehead atoms. The maximum absolute atomic E-state index is 14.1. The number of rotatable bonds is 11. The molecule has 2 aliphatic heterocycles. The summed E-state index contributed by atoms with van der Waals surface area (Å²) >= 11 is 6.08. The zero-order valence-electron chi connectivity index (χ0n) is 21.6. The lowest BCUT2D eigenvalue weighted by atomic mass is 10.1. The Hall–Kier alpha value is -3.10. The molecule has 0 saturated carbocycles. The Labute approximate surface area is 228 Å². The summed E-state index contributed by atoms with van der Waals surface area (Å²) in [7, 11) is 0. The molecule has 2 aliphatic rings. The van der Waals surface area contributed by atoms with Gasteiger partial charge in [0.15, 0.2) is 0 Å². The lowest BCUT2D eigenvalue weighted by Crippen LogP contribution is -2.49. The quantitative estimate of drug-likeness (QED) is 0.318. The molecule has 38 heavy (non-hydrogen) atoms. The van der Waals surface area contributed by atoms with E-state index in [4.69, 9.17) is 16.3 Å². The van der Waals surface area contributed by atoms with Crippen LogP contribution < -0.4 is 10.2 Å². The SMILES string of the molecule is O=C1OC(CN2CCN(c3ccccc3F)CC2)CN1CCCCCCNc1ccnc2cc(Cl)ccc12. The van der Waals surface area contributed by atoms with Crippen LogP contribution in [0.1, 0.15) is 25.7 Å². The summed E-state index contributed by atoms with van der Waals surface area (Å²) < 4.78 is 19.7. The molecule has 1 atom stereocenters. The van der Waals surface area contributed by atoms with Crippen molar-refractivity contribution in [3.05, 3.63) is 65.6 Å². The Morgan fingerprint density at radius 3 is 2.68 bits per heavy atom. The summed E-state index contributed by atoms with van der Waals surface area (Å²) in [6, 6.07) is 14.7. The van der Waals surface area contributed by atoms with Crippen molar-refractivity contribution >= 4 is 40.0 Å². The van der Waals surface area contributed by atoms with Crippen LogP contribution in [0.5, 0.6) is 0 Å².